The molecular weight excluding hydrogens is 475 g/mol. The van der Waals surface area contributed by atoms with Crippen LogP contribution in [0.5, 0.6) is 0 Å². The number of aliphatic imine (C=N–C) groups is 1. The number of amides is 2. The molecule has 1 N–H and O–H groups in total. The predicted molar refractivity (Wildman–Crippen MR) is 125 cm³/mol. The molecule has 2 aromatic rings. The Labute approximate surface area is 198 Å². The number of hydrogen-bond acceptors (Lipinski definition) is 6. The Hall–Kier alpha value is -2.50. The van der Waals surface area contributed by atoms with Gasteiger partial charge in [-0.15, -0.1) is 0 Å². The van der Waals surface area contributed by atoms with Gasteiger partial charge in [0, 0.05) is 24.1 Å². The van der Waals surface area contributed by atoms with Crippen molar-refractivity contribution in [2.75, 3.05) is 19.0 Å². The van der Waals surface area contributed by atoms with Crippen molar-refractivity contribution < 1.29 is 27.5 Å². The Kier molecular flexibility index (Phi) is 8.81. The number of alkyl halides is 2. The number of benzene rings is 2. The van der Waals surface area contributed by atoms with Crippen LogP contribution in [0.15, 0.2) is 58.4 Å². The smallest absolute Gasteiger partial charge is 0.288 e. The Bertz CT molecular complexity index is 1000. The number of hydrogen-bond donors (Lipinski definition) is 1. The van der Waals surface area contributed by atoms with E-state index >= 15 is 0 Å². The summed E-state index contributed by atoms with van der Waals surface area (Å²) in [6.07, 6.45) is -0.0972. The van der Waals surface area contributed by atoms with Crippen LogP contribution in [-0.4, -0.2) is 52.6 Å². The maximum absolute atomic E-state index is 13.1. The first-order valence-electron chi connectivity index (χ1n) is 9.94. The quantitative estimate of drug-likeness (QED) is 0.486. The van der Waals surface area contributed by atoms with Crippen molar-refractivity contribution >= 4 is 51.9 Å². The minimum atomic E-state index is -2.52. The monoisotopic (exact) mass is 497 g/mol. The number of carbonyl (C=O) groups is 2. The van der Waals surface area contributed by atoms with Crippen molar-refractivity contribution in [2.45, 2.75) is 35.3 Å². The van der Waals surface area contributed by atoms with Gasteiger partial charge in [-0.3, -0.25) is 14.5 Å². The number of thioether (sulfide) groups is 2. The summed E-state index contributed by atoms with van der Waals surface area (Å²) >= 11 is 1.59. The number of amidine groups is 1. The number of methoxy groups -OCH3 is 1. The molecule has 1 heterocycles. The van der Waals surface area contributed by atoms with E-state index in [9.17, 15) is 22.8 Å². The Morgan fingerprint density at radius 3 is 2.48 bits per heavy atom. The molecule has 2 atom stereocenters. The lowest BCUT2D eigenvalue weighted by Crippen LogP contribution is -2.42. The summed E-state index contributed by atoms with van der Waals surface area (Å²) in [4.78, 5) is 32.0. The topological polar surface area (TPSA) is 71.0 Å². The average Bonchev–Trinajstić information content (AvgIpc) is 3.05. The first kappa shape index (κ1) is 25.1. The molecule has 0 aromatic heterocycles. The van der Waals surface area contributed by atoms with E-state index in [2.05, 4.69) is 10.3 Å². The van der Waals surface area contributed by atoms with Crippen LogP contribution < -0.4 is 5.32 Å². The van der Waals surface area contributed by atoms with Gasteiger partial charge in [-0.05, 0) is 55.5 Å². The van der Waals surface area contributed by atoms with Crippen molar-refractivity contribution in [1.29, 1.82) is 0 Å². The van der Waals surface area contributed by atoms with E-state index in [1.165, 1.54) is 48.4 Å². The number of nitrogens with zero attached hydrogens (tertiary/aromatic N) is 2. The summed E-state index contributed by atoms with van der Waals surface area (Å²) in [6.45, 7) is 2.07. The fourth-order valence-electron chi connectivity index (χ4n) is 3.14. The van der Waals surface area contributed by atoms with Crippen LogP contribution in [0.3, 0.4) is 0 Å². The fourth-order valence-corrected chi connectivity index (χ4v) is 4.88. The van der Waals surface area contributed by atoms with E-state index in [-0.39, 0.29) is 30.9 Å². The lowest BCUT2D eigenvalue weighted by Gasteiger charge is -2.23. The molecule has 2 unspecified atom stereocenters. The van der Waals surface area contributed by atoms with Crippen LogP contribution in [0, 0.1) is 5.82 Å². The van der Waals surface area contributed by atoms with Crippen LogP contribution in [0.4, 0.5) is 24.5 Å². The van der Waals surface area contributed by atoms with Gasteiger partial charge >= 0.3 is 0 Å². The summed E-state index contributed by atoms with van der Waals surface area (Å²) in [5, 5.41) is 2.36. The van der Waals surface area contributed by atoms with E-state index in [1.54, 1.807) is 19.1 Å². The fraction of sp³-hybridized carbons (Fsp3) is 0.318. The van der Waals surface area contributed by atoms with E-state index < -0.39 is 16.8 Å². The number of nitrogens with one attached hydrogen (secondary N) is 1. The normalized spacial score (nSPS) is 18.2. The molecular formula is C22H22F3N3O3S2. The highest BCUT2D eigenvalue weighted by molar-refractivity contribution is 8.15. The number of anilines is 1. The molecule has 11 heteroatoms. The Morgan fingerprint density at radius 1 is 1.21 bits per heavy atom. The Morgan fingerprint density at radius 2 is 1.88 bits per heavy atom. The molecule has 1 fully saturated rings. The molecule has 33 heavy (non-hydrogen) atoms. The second kappa shape index (κ2) is 11.6. The van der Waals surface area contributed by atoms with Crippen LogP contribution in [0.25, 0.3) is 0 Å². The number of carbonyl (C=O) groups excluding carboxylic acids is 2. The van der Waals surface area contributed by atoms with Gasteiger partial charge < -0.3 is 10.1 Å². The molecule has 6 nitrogen and oxygen atoms in total. The number of rotatable bonds is 9. The van der Waals surface area contributed by atoms with E-state index in [0.29, 0.717) is 33.2 Å². The number of halogens is 3. The minimum absolute atomic E-state index is 0.0972. The van der Waals surface area contributed by atoms with E-state index in [0.717, 1.165) is 11.8 Å². The van der Waals surface area contributed by atoms with Crippen molar-refractivity contribution in [2.24, 2.45) is 4.99 Å². The molecule has 3 rings (SSSR count). The van der Waals surface area contributed by atoms with Crippen LogP contribution >= 0.6 is 23.5 Å². The zero-order chi connectivity index (χ0) is 24.0. The largest absolute Gasteiger partial charge is 0.383 e. The molecule has 0 aliphatic carbocycles. The standard InChI is InChI=1S/C22H22F3N3O3S2/c1-13(12-31-2)28-20(30)18(11-19(29)26-15-5-3-14(23)4-6-15)33-22(28)27-16-7-9-17(10-8-16)32-21(24)25/h3-10,13,18,21H,11-12H2,1-2H3,(H,26,29). The molecule has 0 bridgehead atoms. The Balaban J connectivity index is 1.76. The molecule has 1 aliphatic heterocycles. The molecule has 0 saturated carbocycles. The van der Waals surface area contributed by atoms with Gasteiger partial charge in [0.05, 0.1) is 18.3 Å². The van der Waals surface area contributed by atoms with Gasteiger partial charge in [-0.25, -0.2) is 9.38 Å². The van der Waals surface area contributed by atoms with Gasteiger partial charge in [0.2, 0.25) is 11.8 Å². The van der Waals surface area contributed by atoms with Crippen molar-refractivity contribution in [3.8, 4) is 0 Å². The summed E-state index contributed by atoms with van der Waals surface area (Å²) in [5.41, 5.74) is 0.923. The lowest BCUT2D eigenvalue weighted by atomic mass is 10.2. The van der Waals surface area contributed by atoms with Gasteiger partial charge in [-0.2, -0.15) is 8.78 Å². The minimum Gasteiger partial charge on any atom is -0.383 e. The SMILES string of the molecule is COCC(C)N1C(=O)C(CC(=O)Nc2ccc(F)cc2)SC1=Nc1ccc(SC(F)F)cc1. The molecule has 2 aromatic carbocycles. The lowest BCUT2D eigenvalue weighted by molar-refractivity contribution is -0.130. The molecule has 176 valence electrons. The first-order valence-corrected chi connectivity index (χ1v) is 11.7. The van der Waals surface area contributed by atoms with Crippen LogP contribution in [0.2, 0.25) is 0 Å². The average molecular weight is 498 g/mol. The summed E-state index contributed by atoms with van der Waals surface area (Å²) in [7, 11) is 1.52. The zero-order valence-electron chi connectivity index (χ0n) is 17.8. The van der Waals surface area contributed by atoms with Gasteiger partial charge in [0.25, 0.3) is 5.76 Å². The molecule has 1 aliphatic rings. The van der Waals surface area contributed by atoms with Crippen molar-refractivity contribution in [3.63, 3.8) is 0 Å². The third kappa shape index (κ3) is 6.99. The third-order valence-electron chi connectivity index (χ3n) is 4.60. The van der Waals surface area contributed by atoms with E-state index in [4.69, 9.17) is 4.74 Å². The third-order valence-corrected chi connectivity index (χ3v) is 6.47. The number of ether oxygens (including phenoxy) is 1. The van der Waals surface area contributed by atoms with E-state index in [1.807, 2.05) is 0 Å². The zero-order valence-corrected chi connectivity index (χ0v) is 19.5. The first-order chi connectivity index (χ1) is 15.8. The second-order valence-corrected chi connectivity index (χ2v) is 9.38. The summed E-state index contributed by atoms with van der Waals surface area (Å²) < 4.78 is 43.3. The van der Waals surface area contributed by atoms with Gasteiger partial charge in [-0.1, -0.05) is 23.5 Å². The summed E-state index contributed by atoms with van der Waals surface area (Å²) in [6, 6.07) is 11.3. The maximum Gasteiger partial charge on any atom is 0.288 e. The predicted octanol–water partition coefficient (Wildman–Crippen LogP) is 5.14. The summed E-state index contributed by atoms with van der Waals surface area (Å²) in [5.74, 6) is -3.60. The second-order valence-electron chi connectivity index (χ2n) is 7.15. The highest BCUT2D eigenvalue weighted by atomic mass is 32.2. The highest BCUT2D eigenvalue weighted by Crippen LogP contribution is 2.34. The van der Waals surface area contributed by atoms with Crippen molar-refractivity contribution in [1.82, 2.24) is 4.90 Å². The van der Waals surface area contributed by atoms with Gasteiger partial charge in [0.15, 0.2) is 5.17 Å². The molecule has 1 saturated heterocycles. The molecule has 2 amide bonds. The van der Waals surface area contributed by atoms with Crippen LogP contribution in [0.1, 0.15) is 13.3 Å². The highest BCUT2D eigenvalue weighted by Gasteiger charge is 2.41. The van der Waals surface area contributed by atoms with Crippen LogP contribution in [-0.2, 0) is 14.3 Å². The molecule has 0 spiro atoms. The molecule has 0 radical (unpaired) electrons. The van der Waals surface area contributed by atoms with Gasteiger partial charge in [0.1, 0.15) is 11.1 Å². The maximum atomic E-state index is 13.1. The van der Waals surface area contributed by atoms with Crippen molar-refractivity contribution in [3.05, 3.63) is 54.3 Å².